The number of hydrogen-bond acceptors (Lipinski definition) is 4. The zero-order valence-electron chi connectivity index (χ0n) is 11.3. The molecular weight excluding hydrogens is 349 g/mol. The van der Waals surface area contributed by atoms with Gasteiger partial charge in [0.05, 0.1) is 12.7 Å². The summed E-state index contributed by atoms with van der Waals surface area (Å²) in [5.41, 5.74) is 1.17. The lowest BCUT2D eigenvalue weighted by atomic mass is 10.0. The van der Waals surface area contributed by atoms with E-state index in [0.717, 1.165) is 40.5 Å². The zero-order valence-corrected chi connectivity index (χ0v) is 14.4. The van der Waals surface area contributed by atoms with E-state index in [1.165, 1.54) is 5.56 Å². The molecule has 2 heterocycles. The minimum atomic E-state index is 0. The fraction of sp³-hybridized carbons (Fsp3) is 0.357. The predicted octanol–water partition coefficient (Wildman–Crippen LogP) is 4.02. The molecule has 114 valence electrons. The maximum absolute atomic E-state index is 6.34. The highest BCUT2D eigenvalue weighted by molar-refractivity contribution is 7.15. The van der Waals surface area contributed by atoms with Crippen LogP contribution in [0.4, 0.5) is 0 Å². The van der Waals surface area contributed by atoms with Crippen LogP contribution in [-0.2, 0) is 6.54 Å². The van der Waals surface area contributed by atoms with Crippen molar-refractivity contribution in [2.24, 2.45) is 0 Å². The van der Waals surface area contributed by atoms with Crippen molar-refractivity contribution in [1.82, 2.24) is 15.2 Å². The number of rotatable bonds is 3. The lowest BCUT2D eigenvalue weighted by Gasteiger charge is -2.36. The van der Waals surface area contributed by atoms with Crippen molar-refractivity contribution in [3.8, 4) is 0 Å². The summed E-state index contributed by atoms with van der Waals surface area (Å²) in [5, 5.41) is 5.31. The van der Waals surface area contributed by atoms with Crippen LogP contribution in [0.1, 0.15) is 16.6 Å². The molecule has 1 aliphatic heterocycles. The summed E-state index contributed by atoms with van der Waals surface area (Å²) in [6, 6.07) is 8.33. The molecule has 1 saturated heterocycles. The average Bonchev–Trinajstić information content (AvgIpc) is 2.86. The molecule has 1 fully saturated rings. The Hall–Kier alpha value is -0.360. The van der Waals surface area contributed by atoms with Gasteiger partial charge in [-0.15, -0.1) is 23.7 Å². The first-order valence-corrected chi connectivity index (χ1v) is 8.10. The van der Waals surface area contributed by atoms with E-state index < -0.39 is 0 Å². The van der Waals surface area contributed by atoms with Gasteiger partial charge in [-0.3, -0.25) is 4.90 Å². The molecule has 0 spiro atoms. The third-order valence-corrected chi connectivity index (χ3v) is 4.93. The van der Waals surface area contributed by atoms with Crippen molar-refractivity contribution in [3.63, 3.8) is 0 Å². The second kappa shape index (κ2) is 7.77. The van der Waals surface area contributed by atoms with Gasteiger partial charge in [0, 0.05) is 30.7 Å². The van der Waals surface area contributed by atoms with E-state index in [-0.39, 0.29) is 18.4 Å². The summed E-state index contributed by atoms with van der Waals surface area (Å²) in [6.07, 6.45) is 1.72. The Morgan fingerprint density at radius 2 is 2.14 bits per heavy atom. The fourth-order valence-corrected chi connectivity index (χ4v) is 3.77. The molecule has 0 radical (unpaired) electrons. The van der Waals surface area contributed by atoms with Gasteiger partial charge in [0.2, 0.25) is 0 Å². The van der Waals surface area contributed by atoms with E-state index in [0.29, 0.717) is 0 Å². The van der Waals surface area contributed by atoms with Crippen LogP contribution in [-0.4, -0.2) is 29.5 Å². The SMILES string of the molecule is Cl.Clc1cnc(CN2CCNCC2c2ccccc2Cl)s1. The number of aromatic nitrogens is 1. The molecule has 21 heavy (non-hydrogen) atoms. The molecule has 1 atom stereocenters. The molecular formula is C14H16Cl3N3S. The van der Waals surface area contributed by atoms with Gasteiger partial charge in [0.25, 0.3) is 0 Å². The van der Waals surface area contributed by atoms with Gasteiger partial charge >= 0.3 is 0 Å². The van der Waals surface area contributed by atoms with Crippen molar-refractivity contribution in [1.29, 1.82) is 0 Å². The van der Waals surface area contributed by atoms with Gasteiger partial charge < -0.3 is 5.32 Å². The van der Waals surface area contributed by atoms with Crippen molar-refractivity contribution >= 4 is 46.9 Å². The van der Waals surface area contributed by atoms with Crippen molar-refractivity contribution < 1.29 is 0 Å². The third kappa shape index (κ3) is 4.09. The van der Waals surface area contributed by atoms with Crippen LogP contribution in [0.25, 0.3) is 0 Å². The number of halogens is 3. The average molecular weight is 365 g/mol. The monoisotopic (exact) mass is 363 g/mol. The van der Waals surface area contributed by atoms with Gasteiger partial charge in [-0.25, -0.2) is 4.98 Å². The maximum Gasteiger partial charge on any atom is 0.113 e. The standard InChI is InChI=1S/C14H15Cl2N3S.ClH/c15-11-4-2-1-3-10(11)12-7-17-5-6-19(12)9-14-18-8-13(16)20-14;/h1-4,8,12,17H,5-7,9H2;1H. The molecule has 0 saturated carbocycles. The van der Waals surface area contributed by atoms with E-state index in [9.17, 15) is 0 Å². The maximum atomic E-state index is 6.34. The fourth-order valence-electron chi connectivity index (χ4n) is 2.52. The summed E-state index contributed by atoms with van der Waals surface area (Å²) in [4.78, 5) is 6.76. The largest absolute Gasteiger partial charge is 0.314 e. The zero-order chi connectivity index (χ0) is 13.9. The number of benzene rings is 1. The van der Waals surface area contributed by atoms with E-state index in [1.54, 1.807) is 17.5 Å². The summed E-state index contributed by atoms with van der Waals surface area (Å²) in [6.45, 7) is 3.69. The van der Waals surface area contributed by atoms with Crippen molar-refractivity contribution in [3.05, 3.63) is 50.4 Å². The van der Waals surface area contributed by atoms with Gasteiger partial charge in [-0.2, -0.15) is 0 Å². The van der Waals surface area contributed by atoms with E-state index in [4.69, 9.17) is 23.2 Å². The smallest absolute Gasteiger partial charge is 0.113 e. The van der Waals surface area contributed by atoms with Crippen LogP contribution >= 0.6 is 46.9 Å². The van der Waals surface area contributed by atoms with Crippen LogP contribution in [0.5, 0.6) is 0 Å². The highest BCUT2D eigenvalue weighted by atomic mass is 35.5. The Bertz CT molecular complexity index is 590. The molecule has 1 aliphatic rings. The minimum Gasteiger partial charge on any atom is -0.314 e. The van der Waals surface area contributed by atoms with Crippen LogP contribution < -0.4 is 5.32 Å². The normalized spacial score (nSPS) is 19.2. The second-order valence-corrected chi connectivity index (χ2v) is 6.92. The van der Waals surface area contributed by atoms with E-state index in [1.807, 2.05) is 18.2 Å². The first-order valence-electron chi connectivity index (χ1n) is 6.53. The Labute approximate surface area is 144 Å². The van der Waals surface area contributed by atoms with E-state index in [2.05, 4.69) is 21.3 Å². The third-order valence-electron chi connectivity index (χ3n) is 3.48. The molecule has 2 aromatic rings. The summed E-state index contributed by atoms with van der Waals surface area (Å²) in [7, 11) is 0. The quantitative estimate of drug-likeness (QED) is 0.891. The van der Waals surface area contributed by atoms with Crippen LogP contribution in [0.2, 0.25) is 9.36 Å². The topological polar surface area (TPSA) is 28.2 Å². The van der Waals surface area contributed by atoms with Gasteiger partial charge in [0.1, 0.15) is 9.34 Å². The lowest BCUT2D eigenvalue weighted by molar-refractivity contribution is 0.153. The minimum absolute atomic E-state index is 0. The Morgan fingerprint density at radius 1 is 1.33 bits per heavy atom. The summed E-state index contributed by atoms with van der Waals surface area (Å²) < 4.78 is 0.740. The number of nitrogens with one attached hydrogen (secondary N) is 1. The van der Waals surface area contributed by atoms with Crippen LogP contribution in [0.15, 0.2) is 30.5 Å². The summed E-state index contributed by atoms with van der Waals surface area (Å²) in [5.74, 6) is 0. The van der Waals surface area contributed by atoms with Crippen LogP contribution in [0, 0.1) is 0 Å². The second-order valence-electron chi connectivity index (χ2n) is 4.77. The highest BCUT2D eigenvalue weighted by Gasteiger charge is 2.26. The first-order chi connectivity index (χ1) is 9.74. The van der Waals surface area contributed by atoms with Crippen molar-refractivity contribution in [2.75, 3.05) is 19.6 Å². The Balaban J connectivity index is 0.00000161. The summed E-state index contributed by atoms with van der Waals surface area (Å²) >= 11 is 13.8. The van der Waals surface area contributed by atoms with Crippen LogP contribution in [0.3, 0.4) is 0 Å². The molecule has 0 bridgehead atoms. The molecule has 1 N–H and O–H groups in total. The molecule has 0 aliphatic carbocycles. The van der Waals surface area contributed by atoms with E-state index >= 15 is 0 Å². The number of nitrogens with zero attached hydrogens (tertiary/aromatic N) is 2. The predicted molar refractivity (Wildman–Crippen MR) is 91.8 cm³/mol. The van der Waals surface area contributed by atoms with Gasteiger partial charge in [-0.05, 0) is 11.6 Å². The van der Waals surface area contributed by atoms with Gasteiger partial charge in [0.15, 0.2) is 0 Å². The highest BCUT2D eigenvalue weighted by Crippen LogP contribution is 2.30. The first kappa shape index (κ1) is 17.0. The molecule has 1 aromatic heterocycles. The molecule has 1 aromatic carbocycles. The van der Waals surface area contributed by atoms with Crippen molar-refractivity contribution in [2.45, 2.75) is 12.6 Å². The van der Waals surface area contributed by atoms with Gasteiger partial charge in [-0.1, -0.05) is 41.4 Å². The Kier molecular flexibility index (Phi) is 6.29. The Morgan fingerprint density at radius 3 is 2.86 bits per heavy atom. The number of hydrogen-bond donors (Lipinski definition) is 1. The molecule has 7 heteroatoms. The number of piperazine rings is 1. The molecule has 3 rings (SSSR count). The molecule has 1 unspecified atom stereocenters. The number of thiazole rings is 1. The molecule has 0 amide bonds. The molecule has 3 nitrogen and oxygen atoms in total. The lowest BCUT2D eigenvalue weighted by Crippen LogP contribution is -2.45.